The van der Waals surface area contributed by atoms with Gasteiger partial charge in [-0.1, -0.05) is 19.1 Å². The van der Waals surface area contributed by atoms with Crippen LogP contribution < -0.4 is 5.32 Å². The Morgan fingerprint density at radius 2 is 2.06 bits per heavy atom. The Morgan fingerprint density at radius 3 is 2.67 bits per heavy atom. The first-order chi connectivity index (χ1) is 8.69. The van der Waals surface area contributed by atoms with Gasteiger partial charge in [-0.25, -0.2) is 4.39 Å². The molecule has 18 heavy (non-hydrogen) atoms. The molecule has 2 unspecified atom stereocenters. The first-order valence-corrected chi connectivity index (χ1v) is 6.83. The van der Waals surface area contributed by atoms with E-state index in [1.807, 2.05) is 12.1 Å². The number of nitrogens with zero attached hydrogens (tertiary/aromatic N) is 1. The molecule has 0 amide bonds. The predicted octanol–water partition coefficient (Wildman–Crippen LogP) is 2.30. The number of benzene rings is 1. The molecular weight excluding hydrogens is 227 g/mol. The number of hydrogen-bond donors (Lipinski definition) is 1. The van der Waals surface area contributed by atoms with Crippen LogP contribution in [0, 0.1) is 11.7 Å². The first-order valence-electron chi connectivity index (χ1n) is 6.83. The van der Waals surface area contributed by atoms with E-state index in [0.717, 1.165) is 26.1 Å². The van der Waals surface area contributed by atoms with E-state index in [2.05, 4.69) is 24.2 Å². The van der Waals surface area contributed by atoms with Crippen molar-refractivity contribution in [3.05, 3.63) is 35.6 Å². The summed E-state index contributed by atoms with van der Waals surface area (Å²) in [6.45, 7) is 5.71. The van der Waals surface area contributed by atoms with Crippen LogP contribution in [-0.4, -0.2) is 37.6 Å². The second-order valence-corrected chi connectivity index (χ2v) is 5.34. The zero-order chi connectivity index (χ0) is 13.0. The lowest BCUT2D eigenvalue weighted by Gasteiger charge is -2.36. The van der Waals surface area contributed by atoms with Crippen molar-refractivity contribution in [2.75, 3.05) is 26.7 Å². The third-order valence-corrected chi connectivity index (χ3v) is 3.99. The van der Waals surface area contributed by atoms with Crippen LogP contribution in [0.2, 0.25) is 0 Å². The second kappa shape index (κ2) is 6.30. The number of nitrogens with one attached hydrogen (secondary N) is 1. The molecule has 1 fully saturated rings. The van der Waals surface area contributed by atoms with Gasteiger partial charge in [-0.05, 0) is 50.0 Å². The van der Waals surface area contributed by atoms with Crippen molar-refractivity contribution in [1.29, 1.82) is 0 Å². The second-order valence-electron chi connectivity index (χ2n) is 5.34. The molecule has 0 bridgehead atoms. The minimum Gasteiger partial charge on any atom is -0.317 e. The lowest BCUT2D eigenvalue weighted by Crippen LogP contribution is -2.47. The van der Waals surface area contributed by atoms with Gasteiger partial charge in [0.2, 0.25) is 0 Å². The molecule has 0 saturated carbocycles. The summed E-state index contributed by atoms with van der Waals surface area (Å²) in [5, 5.41) is 3.39. The minimum atomic E-state index is -0.151. The van der Waals surface area contributed by atoms with Gasteiger partial charge in [0.1, 0.15) is 5.82 Å². The molecule has 2 rings (SSSR count). The van der Waals surface area contributed by atoms with E-state index in [9.17, 15) is 4.39 Å². The fourth-order valence-corrected chi connectivity index (χ4v) is 2.80. The van der Waals surface area contributed by atoms with Crippen molar-refractivity contribution >= 4 is 0 Å². The number of hydrogen-bond acceptors (Lipinski definition) is 2. The van der Waals surface area contributed by atoms with E-state index in [1.54, 1.807) is 12.1 Å². The Balaban J connectivity index is 1.79. The molecule has 0 aliphatic carbocycles. The van der Waals surface area contributed by atoms with Gasteiger partial charge in [0, 0.05) is 19.1 Å². The van der Waals surface area contributed by atoms with Crippen molar-refractivity contribution < 1.29 is 4.39 Å². The molecule has 1 heterocycles. The molecule has 1 aliphatic rings. The van der Waals surface area contributed by atoms with Crippen molar-refractivity contribution in [3.8, 4) is 0 Å². The summed E-state index contributed by atoms with van der Waals surface area (Å²) in [6.07, 6.45) is 2.23. The zero-order valence-electron chi connectivity index (χ0n) is 11.3. The van der Waals surface area contributed by atoms with E-state index < -0.39 is 0 Å². The Morgan fingerprint density at radius 1 is 1.33 bits per heavy atom. The van der Waals surface area contributed by atoms with Crippen molar-refractivity contribution in [2.24, 2.45) is 5.92 Å². The molecule has 1 aromatic carbocycles. The summed E-state index contributed by atoms with van der Waals surface area (Å²) in [5.74, 6) is 0.555. The van der Waals surface area contributed by atoms with E-state index in [-0.39, 0.29) is 5.82 Å². The molecule has 0 radical (unpaired) electrons. The van der Waals surface area contributed by atoms with Crippen LogP contribution in [-0.2, 0) is 6.42 Å². The summed E-state index contributed by atoms with van der Waals surface area (Å²) in [7, 11) is 2.05. The topological polar surface area (TPSA) is 15.3 Å². The van der Waals surface area contributed by atoms with Crippen LogP contribution >= 0.6 is 0 Å². The normalized spacial score (nSPS) is 25.3. The van der Waals surface area contributed by atoms with Crippen LogP contribution in [0.25, 0.3) is 0 Å². The molecule has 2 nitrogen and oxygen atoms in total. The van der Waals surface area contributed by atoms with E-state index >= 15 is 0 Å². The monoisotopic (exact) mass is 250 g/mol. The smallest absolute Gasteiger partial charge is 0.123 e. The Bertz CT molecular complexity index is 363. The molecule has 1 aliphatic heterocycles. The highest BCUT2D eigenvalue weighted by atomic mass is 19.1. The van der Waals surface area contributed by atoms with Crippen molar-refractivity contribution in [2.45, 2.75) is 25.8 Å². The fraction of sp³-hybridized carbons (Fsp3) is 0.600. The van der Waals surface area contributed by atoms with Gasteiger partial charge in [-0.2, -0.15) is 0 Å². The maximum atomic E-state index is 12.8. The highest BCUT2D eigenvalue weighted by Crippen LogP contribution is 2.16. The summed E-state index contributed by atoms with van der Waals surface area (Å²) in [6, 6.07) is 7.53. The Kier molecular flexibility index (Phi) is 4.72. The fourth-order valence-electron chi connectivity index (χ4n) is 2.80. The van der Waals surface area contributed by atoms with Crippen molar-refractivity contribution in [1.82, 2.24) is 10.2 Å². The average Bonchev–Trinajstić information content (AvgIpc) is 2.38. The van der Waals surface area contributed by atoms with Gasteiger partial charge in [-0.3, -0.25) is 0 Å². The first kappa shape index (κ1) is 13.5. The summed E-state index contributed by atoms with van der Waals surface area (Å²) < 4.78 is 12.8. The van der Waals surface area contributed by atoms with Gasteiger partial charge in [0.05, 0.1) is 0 Å². The molecule has 1 aromatic rings. The van der Waals surface area contributed by atoms with Gasteiger partial charge in [-0.15, -0.1) is 0 Å². The third kappa shape index (κ3) is 3.53. The standard InChI is InChI=1S/C15H23FN2/c1-12-11-18(10-8-15(12)17-2)9-7-13-3-5-14(16)6-4-13/h3-6,12,15,17H,7-11H2,1-2H3. The van der Waals surface area contributed by atoms with Gasteiger partial charge in [0.15, 0.2) is 0 Å². The quantitative estimate of drug-likeness (QED) is 0.882. The lowest BCUT2D eigenvalue weighted by molar-refractivity contribution is 0.153. The molecule has 0 aromatic heterocycles. The molecule has 3 heteroatoms. The van der Waals surface area contributed by atoms with Crippen LogP contribution in [0.3, 0.4) is 0 Å². The molecule has 1 saturated heterocycles. The van der Waals surface area contributed by atoms with Crippen LogP contribution in [0.15, 0.2) is 24.3 Å². The lowest BCUT2D eigenvalue weighted by atomic mass is 9.94. The highest BCUT2D eigenvalue weighted by Gasteiger charge is 2.24. The van der Waals surface area contributed by atoms with Gasteiger partial charge >= 0.3 is 0 Å². The van der Waals surface area contributed by atoms with Crippen molar-refractivity contribution in [3.63, 3.8) is 0 Å². The minimum absolute atomic E-state index is 0.151. The third-order valence-electron chi connectivity index (χ3n) is 3.99. The maximum absolute atomic E-state index is 12.8. The number of halogens is 1. The molecule has 1 N–H and O–H groups in total. The Hall–Kier alpha value is -0.930. The van der Waals surface area contributed by atoms with Crippen LogP contribution in [0.1, 0.15) is 18.9 Å². The number of rotatable bonds is 4. The largest absolute Gasteiger partial charge is 0.317 e. The van der Waals surface area contributed by atoms with E-state index in [4.69, 9.17) is 0 Å². The zero-order valence-corrected chi connectivity index (χ0v) is 11.3. The summed E-state index contributed by atoms with van der Waals surface area (Å²) in [4.78, 5) is 2.52. The number of piperidine rings is 1. The SMILES string of the molecule is CNC1CCN(CCc2ccc(F)cc2)CC1C. The van der Waals surface area contributed by atoms with Crippen LogP contribution in [0.5, 0.6) is 0 Å². The molecular formula is C15H23FN2. The number of likely N-dealkylation sites (tertiary alicyclic amines) is 1. The summed E-state index contributed by atoms with van der Waals surface area (Å²) in [5.41, 5.74) is 1.22. The van der Waals surface area contributed by atoms with Crippen LogP contribution in [0.4, 0.5) is 4.39 Å². The highest BCUT2D eigenvalue weighted by molar-refractivity contribution is 5.16. The average molecular weight is 250 g/mol. The van der Waals surface area contributed by atoms with E-state index in [0.29, 0.717) is 12.0 Å². The molecule has 0 spiro atoms. The van der Waals surface area contributed by atoms with E-state index in [1.165, 1.54) is 12.0 Å². The summed E-state index contributed by atoms with van der Waals surface area (Å²) >= 11 is 0. The van der Waals surface area contributed by atoms with Gasteiger partial charge in [0.25, 0.3) is 0 Å². The maximum Gasteiger partial charge on any atom is 0.123 e. The molecule has 2 atom stereocenters. The Labute approximate surface area is 109 Å². The molecule has 100 valence electrons. The van der Waals surface area contributed by atoms with Gasteiger partial charge < -0.3 is 10.2 Å². The predicted molar refractivity (Wildman–Crippen MR) is 73.2 cm³/mol.